The number of hydrogen-bond acceptors (Lipinski definition) is 5. The molecule has 1 aromatic heterocycles. The Bertz CT molecular complexity index is 1270. The summed E-state index contributed by atoms with van der Waals surface area (Å²) in [4.78, 5) is 37.3. The van der Waals surface area contributed by atoms with Gasteiger partial charge in [0.15, 0.2) is 0 Å². The molecule has 1 amide bonds. The van der Waals surface area contributed by atoms with Crippen LogP contribution in [0, 0.1) is 5.92 Å². The van der Waals surface area contributed by atoms with Crippen LogP contribution in [0.4, 0.5) is 13.2 Å². The molecule has 1 N–H and O–H groups in total. The van der Waals surface area contributed by atoms with Crippen molar-refractivity contribution in [2.45, 2.75) is 20.0 Å². The third-order valence-corrected chi connectivity index (χ3v) is 6.06. The maximum absolute atomic E-state index is 13.0. The quantitative estimate of drug-likeness (QED) is 0.655. The van der Waals surface area contributed by atoms with E-state index in [1.807, 2.05) is 4.72 Å². The summed E-state index contributed by atoms with van der Waals surface area (Å²) < 4.78 is 67.1. The Hall–Kier alpha value is -2.64. The molecule has 0 aliphatic heterocycles. The summed E-state index contributed by atoms with van der Waals surface area (Å²) in [5.41, 5.74) is -4.73. The number of halogens is 4. The maximum Gasteiger partial charge on any atom is 0.431 e. The summed E-state index contributed by atoms with van der Waals surface area (Å²) >= 11 is 5.98. The minimum Gasteiger partial charge on any atom is -0.292 e. The van der Waals surface area contributed by atoms with Crippen molar-refractivity contribution in [3.63, 3.8) is 0 Å². The number of alkyl halides is 3. The van der Waals surface area contributed by atoms with Gasteiger partial charge in [0.1, 0.15) is 5.69 Å². The van der Waals surface area contributed by atoms with Gasteiger partial charge in [-0.05, 0) is 24.1 Å². The van der Waals surface area contributed by atoms with Gasteiger partial charge < -0.3 is 0 Å². The fourth-order valence-corrected chi connectivity index (χ4v) is 4.02. The monoisotopic (exact) mass is 496 g/mol. The van der Waals surface area contributed by atoms with Gasteiger partial charge in [-0.2, -0.15) is 25.9 Å². The Morgan fingerprint density at radius 3 is 2.34 bits per heavy atom. The van der Waals surface area contributed by atoms with Gasteiger partial charge in [-0.15, -0.1) is 0 Å². The summed E-state index contributed by atoms with van der Waals surface area (Å²) in [6.45, 7) is 3.67. The highest BCUT2D eigenvalue weighted by molar-refractivity contribution is 7.87. The van der Waals surface area contributed by atoms with Crippen LogP contribution in [0.1, 0.15) is 29.9 Å². The fraction of sp³-hybridized carbons (Fsp3) is 0.389. The third kappa shape index (κ3) is 5.40. The summed E-state index contributed by atoms with van der Waals surface area (Å²) in [6, 6.07) is 3.42. The zero-order valence-corrected chi connectivity index (χ0v) is 19.0. The molecule has 0 spiro atoms. The zero-order chi connectivity index (χ0) is 24.6. The fourth-order valence-electron chi connectivity index (χ4n) is 2.82. The lowest BCUT2D eigenvalue weighted by atomic mass is 10.2. The van der Waals surface area contributed by atoms with Crippen LogP contribution in [0.3, 0.4) is 0 Å². The SMILES string of the molecule is CC(C)CN(C)S(=O)(=O)NC(=O)c1cc(-n2c(=O)cc(C(F)(F)F)n(C)c2=O)ccc1Cl. The number of aromatic nitrogens is 2. The second-order valence-electron chi connectivity index (χ2n) is 7.32. The van der Waals surface area contributed by atoms with Crippen molar-refractivity contribution in [1.29, 1.82) is 0 Å². The van der Waals surface area contributed by atoms with Gasteiger partial charge in [-0.1, -0.05) is 25.4 Å². The van der Waals surface area contributed by atoms with Gasteiger partial charge >= 0.3 is 22.1 Å². The summed E-state index contributed by atoms with van der Waals surface area (Å²) in [5, 5.41) is -0.204. The number of carbonyl (C=O) groups is 1. The Labute approximate surface area is 186 Å². The molecule has 176 valence electrons. The summed E-state index contributed by atoms with van der Waals surface area (Å²) in [6.07, 6.45) is -4.94. The molecule has 0 saturated carbocycles. The van der Waals surface area contributed by atoms with Crippen molar-refractivity contribution in [3.8, 4) is 5.69 Å². The van der Waals surface area contributed by atoms with E-state index >= 15 is 0 Å². The Kier molecular flexibility index (Phi) is 7.27. The van der Waals surface area contributed by atoms with Crippen LogP contribution in [0.25, 0.3) is 5.69 Å². The lowest BCUT2D eigenvalue weighted by molar-refractivity contribution is -0.144. The highest BCUT2D eigenvalue weighted by atomic mass is 35.5. The van der Waals surface area contributed by atoms with Gasteiger partial charge in [-0.25, -0.2) is 14.1 Å². The smallest absolute Gasteiger partial charge is 0.292 e. The molecule has 0 fully saturated rings. The minimum atomic E-state index is -4.94. The van der Waals surface area contributed by atoms with E-state index in [1.54, 1.807) is 13.8 Å². The first kappa shape index (κ1) is 25.6. The molecule has 14 heteroatoms. The lowest BCUT2D eigenvalue weighted by Crippen LogP contribution is -2.43. The molecule has 2 rings (SSSR count). The van der Waals surface area contributed by atoms with E-state index in [-0.39, 0.29) is 33.8 Å². The lowest BCUT2D eigenvalue weighted by Gasteiger charge is -2.19. The molecule has 0 unspecified atom stereocenters. The van der Waals surface area contributed by atoms with Gasteiger partial charge in [0.2, 0.25) is 0 Å². The molecule has 2 aromatic rings. The van der Waals surface area contributed by atoms with Crippen LogP contribution in [-0.4, -0.2) is 41.4 Å². The van der Waals surface area contributed by atoms with Crippen LogP contribution in [0.15, 0.2) is 33.9 Å². The topological polar surface area (TPSA) is 110 Å². The first-order chi connectivity index (χ1) is 14.6. The molecule has 32 heavy (non-hydrogen) atoms. The van der Waals surface area contributed by atoms with E-state index in [0.29, 0.717) is 4.57 Å². The Morgan fingerprint density at radius 1 is 1.22 bits per heavy atom. The molecular formula is C18H20ClF3N4O5S. The molecule has 9 nitrogen and oxygen atoms in total. The molecule has 1 heterocycles. The molecule has 1 aromatic carbocycles. The van der Waals surface area contributed by atoms with E-state index in [4.69, 9.17) is 11.6 Å². The molecule has 0 saturated heterocycles. The maximum atomic E-state index is 13.0. The first-order valence-electron chi connectivity index (χ1n) is 9.05. The molecule has 0 aliphatic rings. The number of carbonyl (C=O) groups excluding carboxylic acids is 1. The average Bonchev–Trinajstić information content (AvgIpc) is 2.64. The molecule has 0 aliphatic carbocycles. The summed E-state index contributed by atoms with van der Waals surface area (Å²) in [7, 11) is -2.13. The van der Waals surface area contributed by atoms with Crippen LogP contribution in [0.5, 0.6) is 0 Å². The molecule has 0 bridgehead atoms. The van der Waals surface area contributed by atoms with Gasteiger partial charge in [0.05, 0.1) is 16.3 Å². The third-order valence-electron chi connectivity index (χ3n) is 4.32. The number of nitrogens with zero attached hydrogens (tertiary/aromatic N) is 3. The standard InChI is InChI=1S/C18H20ClF3N4O5S/c1-10(2)9-24(3)32(30,31)23-16(28)12-7-11(5-6-13(12)19)26-15(27)8-14(18(20,21)22)25(4)17(26)29/h5-8,10H,9H2,1-4H3,(H,23,28). The molecule has 0 atom stereocenters. The van der Waals surface area contributed by atoms with Crippen LogP contribution in [0.2, 0.25) is 5.02 Å². The highest BCUT2D eigenvalue weighted by Gasteiger charge is 2.35. The number of rotatable bonds is 6. The normalized spacial score (nSPS) is 12.4. The van der Waals surface area contributed by atoms with Crippen molar-refractivity contribution in [1.82, 2.24) is 18.2 Å². The average molecular weight is 497 g/mol. The van der Waals surface area contributed by atoms with Crippen molar-refractivity contribution >= 4 is 27.7 Å². The Morgan fingerprint density at radius 2 is 1.81 bits per heavy atom. The second-order valence-corrected chi connectivity index (χ2v) is 9.50. The van der Waals surface area contributed by atoms with Crippen LogP contribution >= 0.6 is 11.6 Å². The molecular weight excluding hydrogens is 477 g/mol. The number of benzene rings is 1. The van der Waals surface area contributed by atoms with Crippen LogP contribution in [-0.2, 0) is 23.4 Å². The van der Waals surface area contributed by atoms with Gasteiger partial charge in [0, 0.05) is 26.7 Å². The van der Waals surface area contributed by atoms with E-state index < -0.39 is 44.8 Å². The summed E-state index contributed by atoms with van der Waals surface area (Å²) in [5.74, 6) is -1.18. The minimum absolute atomic E-state index is 0.0265. The second kappa shape index (κ2) is 9.08. The predicted octanol–water partition coefficient (Wildman–Crippen LogP) is 1.77. The van der Waals surface area contributed by atoms with Gasteiger partial charge in [0.25, 0.3) is 11.5 Å². The zero-order valence-electron chi connectivity index (χ0n) is 17.4. The largest absolute Gasteiger partial charge is 0.431 e. The van der Waals surface area contributed by atoms with Crippen molar-refractivity contribution < 1.29 is 26.4 Å². The van der Waals surface area contributed by atoms with E-state index in [2.05, 4.69) is 0 Å². The number of hydrogen-bond donors (Lipinski definition) is 1. The molecule has 0 radical (unpaired) electrons. The first-order valence-corrected chi connectivity index (χ1v) is 10.9. The van der Waals surface area contributed by atoms with E-state index in [1.165, 1.54) is 7.05 Å². The van der Waals surface area contributed by atoms with Gasteiger partial charge in [-0.3, -0.25) is 14.2 Å². The van der Waals surface area contributed by atoms with E-state index in [9.17, 15) is 36.0 Å². The van der Waals surface area contributed by atoms with Crippen LogP contribution < -0.4 is 16.0 Å². The predicted molar refractivity (Wildman–Crippen MR) is 111 cm³/mol. The van der Waals surface area contributed by atoms with Crippen molar-refractivity contribution in [2.24, 2.45) is 13.0 Å². The van der Waals surface area contributed by atoms with Crippen molar-refractivity contribution in [3.05, 3.63) is 61.4 Å². The number of amides is 1. The Balaban J connectivity index is 2.53. The highest BCUT2D eigenvalue weighted by Crippen LogP contribution is 2.27. The van der Waals surface area contributed by atoms with E-state index in [0.717, 1.165) is 29.6 Å². The van der Waals surface area contributed by atoms with Crippen molar-refractivity contribution in [2.75, 3.05) is 13.6 Å². The number of nitrogens with one attached hydrogen (secondary N) is 1.